The summed E-state index contributed by atoms with van der Waals surface area (Å²) in [6.45, 7) is 1.46. The van der Waals surface area contributed by atoms with Gasteiger partial charge in [0.15, 0.2) is 0 Å². The van der Waals surface area contributed by atoms with E-state index in [0.717, 1.165) is 17.7 Å². The first-order chi connectivity index (χ1) is 13.6. The number of amides is 2. The summed E-state index contributed by atoms with van der Waals surface area (Å²) in [5.41, 5.74) is -0.417. The van der Waals surface area contributed by atoms with Crippen molar-refractivity contribution in [3.63, 3.8) is 0 Å². The van der Waals surface area contributed by atoms with E-state index in [9.17, 15) is 27.2 Å². The summed E-state index contributed by atoms with van der Waals surface area (Å²) in [6, 6.07) is 9.40. The maximum atomic E-state index is 14.1. The second-order valence-corrected chi connectivity index (χ2v) is 6.80. The van der Waals surface area contributed by atoms with Crippen molar-refractivity contribution in [1.29, 1.82) is 0 Å². The van der Waals surface area contributed by atoms with E-state index in [1.807, 2.05) is 6.07 Å². The summed E-state index contributed by atoms with van der Waals surface area (Å²) < 4.78 is 52.2. The molecular weight excluding hydrogens is 390 g/mol. The minimum atomic E-state index is -4.66. The fraction of sp³-hybridized carbons (Fsp3) is 0.300. The molecule has 1 heterocycles. The van der Waals surface area contributed by atoms with E-state index in [4.69, 9.17) is 0 Å². The van der Waals surface area contributed by atoms with Crippen LogP contribution in [0, 0.1) is 5.82 Å². The maximum absolute atomic E-state index is 14.1. The van der Waals surface area contributed by atoms with Crippen LogP contribution in [-0.4, -0.2) is 17.9 Å². The number of nitrogens with one attached hydrogen (secondary N) is 3. The standard InChI is InChI=1S/C20H19F4N3O2/c1-11(14-8-7-13(9-15(14)21)20(22,23)24)25-19(29)16-10-17(28)27-18(26-16)12-5-3-2-4-6-12/h2-9,11,16,18,26H,10H2,1H3,(H,25,29)(H,27,28)/t11-,16?,18?/m1/s1. The summed E-state index contributed by atoms with van der Waals surface area (Å²) in [6.07, 6.45) is -5.33. The van der Waals surface area contributed by atoms with Gasteiger partial charge in [-0.05, 0) is 24.6 Å². The molecule has 3 rings (SSSR count). The lowest BCUT2D eigenvalue weighted by Gasteiger charge is -2.32. The van der Waals surface area contributed by atoms with Crippen LogP contribution >= 0.6 is 0 Å². The Morgan fingerprint density at radius 3 is 2.48 bits per heavy atom. The van der Waals surface area contributed by atoms with Crippen molar-refractivity contribution in [2.45, 2.75) is 37.8 Å². The SMILES string of the molecule is C[C@@H](NC(=O)C1CC(=O)NC(c2ccccc2)N1)c1ccc(C(F)(F)F)cc1F. The number of benzene rings is 2. The number of hydrogen-bond acceptors (Lipinski definition) is 3. The monoisotopic (exact) mass is 409 g/mol. The van der Waals surface area contributed by atoms with Crippen molar-refractivity contribution in [2.24, 2.45) is 0 Å². The van der Waals surface area contributed by atoms with Gasteiger partial charge in [-0.3, -0.25) is 14.9 Å². The van der Waals surface area contributed by atoms with E-state index in [1.165, 1.54) is 6.92 Å². The number of hydrogen-bond donors (Lipinski definition) is 3. The maximum Gasteiger partial charge on any atom is 0.416 e. The second kappa shape index (κ2) is 8.20. The van der Waals surface area contributed by atoms with E-state index in [1.54, 1.807) is 24.3 Å². The molecule has 0 bridgehead atoms. The van der Waals surface area contributed by atoms with Gasteiger partial charge in [0.25, 0.3) is 0 Å². The van der Waals surface area contributed by atoms with Crippen LogP contribution in [0.25, 0.3) is 0 Å². The van der Waals surface area contributed by atoms with Crippen molar-refractivity contribution in [3.05, 3.63) is 71.0 Å². The van der Waals surface area contributed by atoms with Gasteiger partial charge in [0.1, 0.15) is 12.0 Å². The number of carbonyl (C=O) groups excluding carboxylic acids is 2. The largest absolute Gasteiger partial charge is 0.416 e. The number of alkyl halides is 3. The lowest BCUT2D eigenvalue weighted by atomic mass is 10.0. The normalized spacial score (nSPS) is 20.7. The van der Waals surface area contributed by atoms with Gasteiger partial charge in [-0.15, -0.1) is 0 Å². The number of rotatable bonds is 4. The van der Waals surface area contributed by atoms with E-state index >= 15 is 0 Å². The molecule has 0 spiro atoms. The third kappa shape index (κ3) is 4.92. The predicted octanol–water partition coefficient (Wildman–Crippen LogP) is 3.20. The molecular formula is C20H19F4N3O2. The fourth-order valence-corrected chi connectivity index (χ4v) is 3.15. The van der Waals surface area contributed by atoms with E-state index < -0.39 is 41.7 Å². The molecule has 154 valence electrons. The molecule has 0 aliphatic carbocycles. The van der Waals surface area contributed by atoms with E-state index in [2.05, 4.69) is 16.0 Å². The van der Waals surface area contributed by atoms with Crippen molar-refractivity contribution < 1.29 is 27.2 Å². The zero-order valence-electron chi connectivity index (χ0n) is 15.4. The van der Waals surface area contributed by atoms with E-state index in [-0.39, 0.29) is 17.9 Å². The predicted molar refractivity (Wildman–Crippen MR) is 96.8 cm³/mol. The average molecular weight is 409 g/mol. The molecule has 5 nitrogen and oxygen atoms in total. The highest BCUT2D eigenvalue weighted by Gasteiger charge is 2.33. The van der Waals surface area contributed by atoms with E-state index in [0.29, 0.717) is 6.07 Å². The Balaban J connectivity index is 1.70. The van der Waals surface area contributed by atoms with Crippen LogP contribution in [0.1, 0.15) is 42.2 Å². The van der Waals surface area contributed by atoms with Crippen LogP contribution in [0.2, 0.25) is 0 Å². The molecule has 1 fully saturated rings. The molecule has 0 saturated carbocycles. The van der Waals surface area contributed by atoms with Crippen LogP contribution in [0.5, 0.6) is 0 Å². The van der Waals surface area contributed by atoms with Crippen LogP contribution in [0.15, 0.2) is 48.5 Å². The molecule has 0 aromatic heterocycles. The first kappa shape index (κ1) is 20.8. The minimum Gasteiger partial charge on any atom is -0.348 e. The second-order valence-electron chi connectivity index (χ2n) is 6.80. The lowest BCUT2D eigenvalue weighted by Crippen LogP contribution is -2.56. The third-order valence-electron chi connectivity index (χ3n) is 4.67. The number of halogens is 4. The van der Waals surface area contributed by atoms with Gasteiger partial charge in [-0.25, -0.2) is 4.39 Å². The lowest BCUT2D eigenvalue weighted by molar-refractivity contribution is -0.137. The van der Waals surface area contributed by atoms with Gasteiger partial charge in [0.05, 0.1) is 24.1 Å². The van der Waals surface area contributed by atoms with Crippen molar-refractivity contribution >= 4 is 11.8 Å². The zero-order valence-corrected chi connectivity index (χ0v) is 15.4. The highest BCUT2D eigenvalue weighted by molar-refractivity contribution is 5.89. The smallest absolute Gasteiger partial charge is 0.348 e. The molecule has 1 aliphatic heterocycles. The summed E-state index contributed by atoms with van der Waals surface area (Å²) in [5.74, 6) is -1.94. The van der Waals surface area contributed by atoms with Crippen molar-refractivity contribution in [3.8, 4) is 0 Å². The fourth-order valence-electron chi connectivity index (χ4n) is 3.15. The molecule has 1 saturated heterocycles. The Morgan fingerprint density at radius 1 is 1.17 bits per heavy atom. The molecule has 0 radical (unpaired) electrons. The highest BCUT2D eigenvalue weighted by Crippen LogP contribution is 2.31. The van der Waals surface area contributed by atoms with Crippen LogP contribution in [-0.2, 0) is 15.8 Å². The molecule has 3 N–H and O–H groups in total. The molecule has 3 atom stereocenters. The van der Waals surface area contributed by atoms with Gasteiger partial charge in [-0.1, -0.05) is 36.4 Å². The van der Waals surface area contributed by atoms with Gasteiger partial charge in [0, 0.05) is 5.56 Å². The highest BCUT2D eigenvalue weighted by atomic mass is 19.4. The summed E-state index contributed by atoms with van der Waals surface area (Å²) in [7, 11) is 0. The van der Waals surface area contributed by atoms with Gasteiger partial charge < -0.3 is 10.6 Å². The summed E-state index contributed by atoms with van der Waals surface area (Å²) in [5, 5.41) is 8.30. The molecule has 2 aromatic carbocycles. The molecule has 1 aliphatic rings. The Labute approximate surface area is 164 Å². The van der Waals surface area contributed by atoms with Gasteiger partial charge in [-0.2, -0.15) is 13.2 Å². The minimum absolute atomic E-state index is 0.0776. The molecule has 2 amide bonds. The van der Waals surface area contributed by atoms with Crippen LogP contribution in [0.4, 0.5) is 17.6 Å². The Kier molecular flexibility index (Phi) is 5.88. The topological polar surface area (TPSA) is 70.2 Å². The first-order valence-corrected chi connectivity index (χ1v) is 8.92. The third-order valence-corrected chi connectivity index (χ3v) is 4.67. The molecule has 29 heavy (non-hydrogen) atoms. The molecule has 2 unspecified atom stereocenters. The van der Waals surface area contributed by atoms with Gasteiger partial charge >= 0.3 is 6.18 Å². The summed E-state index contributed by atoms with van der Waals surface area (Å²) >= 11 is 0. The Hall–Kier alpha value is -2.94. The van der Waals surface area contributed by atoms with Crippen molar-refractivity contribution in [1.82, 2.24) is 16.0 Å². The summed E-state index contributed by atoms with van der Waals surface area (Å²) in [4.78, 5) is 24.6. The zero-order chi connectivity index (χ0) is 21.2. The molecule has 9 heteroatoms. The number of carbonyl (C=O) groups is 2. The Bertz CT molecular complexity index is 902. The quantitative estimate of drug-likeness (QED) is 0.680. The molecule has 2 aromatic rings. The Morgan fingerprint density at radius 2 is 1.86 bits per heavy atom. The first-order valence-electron chi connectivity index (χ1n) is 8.92. The van der Waals surface area contributed by atoms with Crippen LogP contribution < -0.4 is 16.0 Å². The van der Waals surface area contributed by atoms with Gasteiger partial charge in [0.2, 0.25) is 11.8 Å². The average Bonchev–Trinajstić information content (AvgIpc) is 2.67. The van der Waals surface area contributed by atoms with Crippen molar-refractivity contribution in [2.75, 3.05) is 0 Å². The van der Waals surface area contributed by atoms with Crippen LogP contribution in [0.3, 0.4) is 0 Å².